The van der Waals surface area contributed by atoms with Crippen molar-refractivity contribution in [2.24, 2.45) is 0 Å². The lowest BCUT2D eigenvalue weighted by molar-refractivity contribution is 0.0940. The van der Waals surface area contributed by atoms with Crippen LogP contribution >= 0.6 is 11.6 Å². The van der Waals surface area contributed by atoms with Crippen molar-refractivity contribution in [2.75, 3.05) is 7.11 Å². The molecule has 0 fully saturated rings. The summed E-state index contributed by atoms with van der Waals surface area (Å²) in [6.07, 6.45) is 0. The smallest absolute Gasteiger partial charge is 0.251 e. The Morgan fingerprint density at radius 2 is 1.95 bits per heavy atom. The Labute approximate surface area is 129 Å². The molecule has 0 heterocycles. The van der Waals surface area contributed by atoms with E-state index >= 15 is 0 Å². The SMILES string of the molecule is COc1cccc([C@@H](C)NC(=O)c2ccc(CCl)cc2)c1. The van der Waals surface area contributed by atoms with Crippen LogP contribution in [0.1, 0.15) is 34.5 Å². The number of halogens is 1. The van der Waals surface area contributed by atoms with Gasteiger partial charge in [0, 0.05) is 11.4 Å². The number of hydrogen-bond donors (Lipinski definition) is 1. The molecule has 21 heavy (non-hydrogen) atoms. The first-order valence-electron chi connectivity index (χ1n) is 6.73. The third-order valence-corrected chi connectivity index (χ3v) is 3.62. The van der Waals surface area contributed by atoms with Crippen molar-refractivity contribution in [3.8, 4) is 5.75 Å². The Morgan fingerprint density at radius 1 is 1.24 bits per heavy atom. The molecule has 1 atom stereocenters. The molecule has 0 aliphatic rings. The number of hydrogen-bond acceptors (Lipinski definition) is 2. The highest BCUT2D eigenvalue weighted by Gasteiger charge is 2.11. The molecule has 0 aromatic heterocycles. The summed E-state index contributed by atoms with van der Waals surface area (Å²) < 4.78 is 5.19. The van der Waals surface area contributed by atoms with Crippen molar-refractivity contribution in [3.05, 3.63) is 65.2 Å². The first kappa shape index (κ1) is 15.4. The molecule has 0 saturated carbocycles. The highest BCUT2D eigenvalue weighted by atomic mass is 35.5. The van der Waals surface area contributed by atoms with Crippen molar-refractivity contribution in [1.29, 1.82) is 0 Å². The first-order valence-corrected chi connectivity index (χ1v) is 7.27. The van der Waals surface area contributed by atoms with Crippen LogP contribution in [0.2, 0.25) is 0 Å². The maximum atomic E-state index is 12.2. The van der Waals surface area contributed by atoms with Crippen molar-refractivity contribution in [2.45, 2.75) is 18.8 Å². The second-order valence-corrected chi connectivity index (χ2v) is 5.07. The van der Waals surface area contributed by atoms with Crippen LogP contribution in [-0.4, -0.2) is 13.0 Å². The summed E-state index contributed by atoms with van der Waals surface area (Å²) in [6, 6.07) is 14.9. The number of amides is 1. The molecule has 2 rings (SSSR count). The maximum Gasteiger partial charge on any atom is 0.251 e. The molecule has 1 N–H and O–H groups in total. The van der Waals surface area contributed by atoms with Gasteiger partial charge in [-0.25, -0.2) is 0 Å². The predicted molar refractivity (Wildman–Crippen MR) is 84.9 cm³/mol. The number of carbonyl (C=O) groups is 1. The maximum absolute atomic E-state index is 12.2. The lowest BCUT2D eigenvalue weighted by Crippen LogP contribution is -2.26. The summed E-state index contributed by atoms with van der Waals surface area (Å²) >= 11 is 5.74. The third kappa shape index (κ3) is 3.99. The van der Waals surface area contributed by atoms with Gasteiger partial charge in [-0.05, 0) is 42.3 Å². The molecule has 0 spiro atoms. The van der Waals surface area contributed by atoms with E-state index in [2.05, 4.69) is 5.32 Å². The normalized spacial score (nSPS) is 11.8. The Balaban J connectivity index is 2.06. The lowest BCUT2D eigenvalue weighted by Gasteiger charge is -2.15. The number of ether oxygens (including phenoxy) is 1. The quantitative estimate of drug-likeness (QED) is 0.850. The molecule has 0 saturated heterocycles. The van der Waals surface area contributed by atoms with Gasteiger partial charge in [0.15, 0.2) is 0 Å². The van der Waals surface area contributed by atoms with E-state index in [0.29, 0.717) is 11.4 Å². The van der Waals surface area contributed by atoms with Crippen LogP contribution in [0.5, 0.6) is 5.75 Å². The van der Waals surface area contributed by atoms with Gasteiger partial charge in [-0.3, -0.25) is 4.79 Å². The van der Waals surface area contributed by atoms with Gasteiger partial charge in [0.05, 0.1) is 13.2 Å². The monoisotopic (exact) mass is 303 g/mol. The van der Waals surface area contributed by atoms with Crippen LogP contribution in [0.15, 0.2) is 48.5 Å². The number of nitrogens with one attached hydrogen (secondary N) is 1. The molecular formula is C17H18ClNO2. The van der Waals surface area contributed by atoms with E-state index in [1.165, 1.54) is 0 Å². The molecule has 0 unspecified atom stereocenters. The van der Waals surface area contributed by atoms with E-state index in [-0.39, 0.29) is 11.9 Å². The minimum Gasteiger partial charge on any atom is -0.497 e. The van der Waals surface area contributed by atoms with Gasteiger partial charge in [0.25, 0.3) is 5.91 Å². The summed E-state index contributed by atoms with van der Waals surface area (Å²) in [5.74, 6) is 1.12. The topological polar surface area (TPSA) is 38.3 Å². The number of methoxy groups -OCH3 is 1. The van der Waals surface area contributed by atoms with Crippen LogP contribution in [0.3, 0.4) is 0 Å². The van der Waals surface area contributed by atoms with Gasteiger partial charge < -0.3 is 10.1 Å². The Hall–Kier alpha value is -2.00. The van der Waals surface area contributed by atoms with E-state index in [1.54, 1.807) is 19.2 Å². The molecular weight excluding hydrogens is 286 g/mol. The minimum absolute atomic E-state index is 0.0969. The molecule has 3 nitrogen and oxygen atoms in total. The molecule has 2 aromatic carbocycles. The fourth-order valence-electron chi connectivity index (χ4n) is 2.02. The van der Waals surface area contributed by atoms with E-state index < -0.39 is 0 Å². The zero-order chi connectivity index (χ0) is 15.2. The highest BCUT2D eigenvalue weighted by molar-refractivity contribution is 6.17. The first-order chi connectivity index (χ1) is 10.1. The second-order valence-electron chi connectivity index (χ2n) is 4.80. The standard InChI is InChI=1S/C17H18ClNO2/c1-12(15-4-3-5-16(10-15)21-2)19-17(20)14-8-6-13(11-18)7-9-14/h3-10,12H,11H2,1-2H3,(H,19,20)/t12-/m1/s1. The average Bonchev–Trinajstić information content (AvgIpc) is 2.54. The molecule has 4 heteroatoms. The van der Waals surface area contributed by atoms with E-state index in [1.807, 2.05) is 43.3 Å². The summed E-state index contributed by atoms with van der Waals surface area (Å²) in [4.78, 5) is 12.2. The van der Waals surface area contributed by atoms with Crippen LogP contribution in [0.25, 0.3) is 0 Å². The third-order valence-electron chi connectivity index (χ3n) is 3.31. The minimum atomic E-state index is -0.105. The predicted octanol–water partition coefficient (Wildman–Crippen LogP) is 3.93. The summed E-state index contributed by atoms with van der Waals surface area (Å²) in [5, 5.41) is 2.97. The van der Waals surface area contributed by atoms with Crippen molar-refractivity contribution in [3.63, 3.8) is 0 Å². The van der Waals surface area contributed by atoms with Crippen LogP contribution in [0.4, 0.5) is 0 Å². The highest BCUT2D eigenvalue weighted by Crippen LogP contribution is 2.19. The second kappa shape index (κ2) is 7.14. The average molecular weight is 304 g/mol. The number of rotatable bonds is 5. The van der Waals surface area contributed by atoms with E-state index in [9.17, 15) is 4.79 Å². The van der Waals surface area contributed by atoms with Gasteiger partial charge in [-0.1, -0.05) is 24.3 Å². The van der Waals surface area contributed by atoms with Crippen LogP contribution < -0.4 is 10.1 Å². The molecule has 0 bridgehead atoms. The number of benzene rings is 2. The van der Waals surface area contributed by atoms with Crippen molar-refractivity contribution >= 4 is 17.5 Å². The lowest BCUT2D eigenvalue weighted by atomic mass is 10.1. The van der Waals surface area contributed by atoms with E-state index in [4.69, 9.17) is 16.3 Å². The molecule has 0 aliphatic carbocycles. The fourth-order valence-corrected chi connectivity index (χ4v) is 2.20. The number of alkyl halides is 1. The number of carbonyl (C=O) groups excluding carboxylic acids is 1. The van der Waals surface area contributed by atoms with Crippen LogP contribution in [0, 0.1) is 0 Å². The summed E-state index contributed by atoms with van der Waals surface area (Å²) in [6.45, 7) is 1.94. The summed E-state index contributed by atoms with van der Waals surface area (Å²) in [7, 11) is 1.63. The Morgan fingerprint density at radius 3 is 2.57 bits per heavy atom. The molecule has 1 amide bonds. The fraction of sp³-hybridized carbons (Fsp3) is 0.235. The van der Waals surface area contributed by atoms with Crippen molar-refractivity contribution in [1.82, 2.24) is 5.32 Å². The van der Waals surface area contributed by atoms with Gasteiger partial charge in [-0.15, -0.1) is 11.6 Å². The zero-order valence-corrected chi connectivity index (χ0v) is 12.9. The van der Waals surface area contributed by atoms with Gasteiger partial charge in [-0.2, -0.15) is 0 Å². The summed E-state index contributed by atoms with van der Waals surface area (Å²) in [5.41, 5.74) is 2.62. The van der Waals surface area contributed by atoms with Crippen molar-refractivity contribution < 1.29 is 9.53 Å². The largest absolute Gasteiger partial charge is 0.497 e. The van der Waals surface area contributed by atoms with Gasteiger partial charge in [0.1, 0.15) is 5.75 Å². The van der Waals surface area contributed by atoms with Gasteiger partial charge in [0.2, 0.25) is 0 Å². The Bertz CT molecular complexity index is 610. The molecule has 110 valence electrons. The Kier molecular flexibility index (Phi) is 5.23. The van der Waals surface area contributed by atoms with Crippen LogP contribution in [-0.2, 0) is 5.88 Å². The van der Waals surface area contributed by atoms with E-state index in [0.717, 1.165) is 16.9 Å². The molecule has 0 aliphatic heterocycles. The zero-order valence-electron chi connectivity index (χ0n) is 12.1. The van der Waals surface area contributed by atoms with Gasteiger partial charge >= 0.3 is 0 Å². The molecule has 0 radical (unpaired) electrons. The molecule has 2 aromatic rings.